The first-order chi connectivity index (χ1) is 6.52. The zero-order valence-electron chi connectivity index (χ0n) is 10.0. The molecule has 2 nitrogen and oxygen atoms in total. The van der Waals surface area contributed by atoms with E-state index in [-0.39, 0.29) is 11.8 Å². The van der Waals surface area contributed by atoms with Gasteiger partial charge in [-0.05, 0) is 11.8 Å². The summed E-state index contributed by atoms with van der Waals surface area (Å²) in [6, 6.07) is -0.251. The van der Waals surface area contributed by atoms with E-state index in [9.17, 15) is 4.79 Å². The molecule has 84 valence electrons. The van der Waals surface area contributed by atoms with Gasteiger partial charge in [-0.25, -0.2) is 0 Å². The summed E-state index contributed by atoms with van der Waals surface area (Å²) in [6.45, 7) is 8.40. The van der Waals surface area contributed by atoms with Gasteiger partial charge in [-0.1, -0.05) is 47.0 Å². The van der Waals surface area contributed by atoms with Crippen molar-refractivity contribution in [3.63, 3.8) is 0 Å². The maximum atomic E-state index is 11.7. The number of carbonyl (C=O) groups is 1. The second-order valence-corrected chi connectivity index (χ2v) is 4.48. The quantitative estimate of drug-likeness (QED) is 0.685. The fraction of sp³-hybridized carbons (Fsp3) is 0.917. The molecule has 0 spiro atoms. The molecular weight excluding hydrogens is 174 g/mol. The lowest BCUT2D eigenvalue weighted by molar-refractivity contribution is -0.122. The van der Waals surface area contributed by atoms with Gasteiger partial charge in [-0.15, -0.1) is 0 Å². The lowest BCUT2D eigenvalue weighted by atomic mass is 9.90. The van der Waals surface area contributed by atoms with E-state index in [1.807, 2.05) is 6.92 Å². The average molecular weight is 199 g/mol. The van der Waals surface area contributed by atoms with Crippen LogP contribution in [0.25, 0.3) is 0 Å². The highest BCUT2D eigenvalue weighted by atomic mass is 16.1. The summed E-state index contributed by atoms with van der Waals surface area (Å²) in [7, 11) is 0. The molecule has 2 heteroatoms. The van der Waals surface area contributed by atoms with Gasteiger partial charge in [0.25, 0.3) is 0 Å². The molecule has 0 radical (unpaired) electrons. The smallest absolute Gasteiger partial charge is 0.150 e. The molecule has 0 rings (SSSR count). The van der Waals surface area contributed by atoms with E-state index in [2.05, 4.69) is 20.8 Å². The zero-order valence-corrected chi connectivity index (χ0v) is 10.0. The number of ketones is 1. The highest BCUT2D eigenvalue weighted by Gasteiger charge is 2.20. The molecule has 0 aromatic heterocycles. The Kier molecular flexibility index (Phi) is 6.81. The summed E-state index contributed by atoms with van der Waals surface area (Å²) in [4.78, 5) is 11.7. The fourth-order valence-electron chi connectivity index (χ4n) is 1.65. The van der Waals surface area contributed by atoms with Gasteiger partial charge in [0.1, 0.15) is 5.78 Å². The fourth-order valence-corrected chi connectivity index (χ4v) is 1.65. The van der Waals surface area contributed by atoms with E-state index in [4.69, 9.17) is 5.73 Å². The second-order valence-electron chi connectivity index (χ2n) is 4.48. The lowest BCUT2D eigenvalue weighted by Crippen LogP contribution is -2.37. The average Bonchev–Trinajstić information content (AvgIpc) is 2.15. The monoisotopic (exact) mass is 199 g/mol. The molecule has 0 saturated heterocycles. The maximum Gasteiger partial charge on any atom is 0.150 e. The third-order valence-electron chi connectivity index (χ3n) is 2.96. The van der Waals surface area contributed by atoms with Crippen LogP contribution < -0.4 is 5.73 Å². The maximum absolute atomic E-state index is 11.7. The third kappa shape index (κ3) is 4.75. The van der Waals surface area contributed by atoms with Crippen LogP contribution >= 0.6 is 0 Å². The van der Waals surface area contributed by atoms with Crippen molar-refractivity contribution in [1.29, 1.82) is 0 Å². The van der Waals surface area contributed by atoms with Crippen LogP contribution in [0.1, 0.15) is 53.4 Å². The van der Waals surface area contributed by atoms with Crippen molar-refractivity contribution in [3.05, 3.63) is 0 Å². The molecule has 3 unspecified atom stereocenters. The Hall–Kier alpha value is -0.370. The highest BCUT2D eigenvalue weighted by Crippen LogP contribution is 2.14. The van der Waals surface area contributed by atoms with Crippen LogP contribution in [0, 0.1) is 11.8 Å². The van der Waals surface area contributed by atoms with Gasteiger partial charge in [0.15, 0.2) is 0 Å². The minimum absolute atomic E-state index is 0.236. The molecule has 0 aromatic carbocycles. The molecule has 0 amide bonds. The SMILES string of the molecule is CCCC(C)CC(=O)C(N)C(C)CC. The van der Waals surface area contributed by atoms with Gasteiger partial charge < -0.3 is 5.73 Å². The standard InChI is InChI=1S/C12H25NO/c1-5-7-9(3)8-11(14)12(13)10(4)6-2/h9-10,12H,5-8,13H2,1-4H3. The molecule has 0 aliphatic rings. The number of Topliss-reactive ketones (excluding diaryl/α,β-unsaturated/α-hetero) is 1. The molecule has 0 bridgehead atoms. The lowest BCUT2D eigenvalue weighted by Gasteiger charge is -2.18. The Balaban J connectivity index is 3.94. The minimum atomic E-state index is -0.251. The molecule has 0 fully saturated rings. The summed E-state index contributed by atoms with van der Waals surface area (Å²) in [6.07, 6.45) is 3.90. The predicted molar refractivity (Wildman–Crippen MR) is 61.1 cm³/mol. The topological polar surface area (TPSA) is 43.1 Å². The number of rotatable bonds is 7. The van der Waals surface area contributed by atoms with Gasteiger partial charge in [-0.2, -0.15) is 0 Å². The predicted octanol–water partition coefficient (Wildman–Crippen LogP) is 2.76. The first-order valence-electron chi connectivity index (χ1n) is 5.81. The largest absolute Gasteiger partial charge is 0.321 e. The summed E-state index contributed by atoms with van der Waals surface area (Å²) < 4.78 is 0. The Labute approximate surface area is 88.3 Å². The van der Waals surface area contributed by atoms with Crippen molar-refractivity contribution in [1.82, 2.24) is 0 Å². The molecule has 14 heavy (non-hydrogen) atoms. The Morgan fingerprint density at radius 3 is 2.29 bits per heavy atom. The zero-order chi connectivity index (χ0) is 11.1. The molecule has 0 heterocycles. The van der Waals surface area contributed by atoms with Crippen molar-refractivity contribution >= 4 is 5.78 Å². The van der Waals surface area contributed by atoms with Crippen molar-refractivity contribution in [2.45, 2.75) is 59.4 Å². The summed E-state index contributed by atoms with van der Waals surface area (Å²) in [5, 5.41) is 0. The van der Waals surface area contributed by atoms with E-state index < -0.39 is 0 Å². The van der Waals surface area contributed by atoms with Gasteiger partial charge in [0.2, 0.25) is 0 Å². The first kappa shape index (κ1) is 13.6. The van der Waals surface area contributed by atoms with Crippen LogP contribution in [0.3, 0.4) is 0 Å². The Morgan fingerprint density at radius 2 is 1.86 bits per heavy atom. The molecule has 0 aliphatic heterocycles. The summed E-state index contributed by atoms with van der Waals surface area (Å²) in [5.41, 5.74) is 5.87. The molecule has 0 saturated carbocycles. The van der Waals surface area contributed by atoms with Gasteiger partial charge >= 0.3 is 0 Å². The number of carbonyl (C=O) groups excluding carboxylic acids is 1. The van der Waals surface area contributed by atoms with Crippen LogP contribution in [0.2, 0.25) is 0 Å². The van der Waals surface area contributed by atoms with Crippen LogP contribution in [-0.2, 0) is 4.79 Å². The van der Waals surface area contributed by atoms with Crippen molar-refractivity contribution in [2.75, 3.05) is 0 Å². The first-order valence-corrected chi connectivity index (χ1v) is 5.81. The van der Waals surface area contributed by atoms with Crippen LogP contribution in [-0.4, -0.2) is 11.8 Å². The molecule has 0 aromatic rings. The number of hydrogen-bond donors (Lipinski definition) is 1. The normalized spacial score (nSPS) is 17.5. The van der Waals surface area contributed by atoms with Crippen molar-refractivity contribution < 1.29 is 4.79 Å². The summed E-state index contributed by atoms with van der Waals surface area (Å²) >= 11 is 0. The molecular formula is C12H25NO. The van der Waals surface area contributed by atoms with E-state index in [1.54, 1.807) is 0 Å². The number of hydrogen-bond acceptors (Lipinski definition) is 2. The van der Waals surface area contributed by atoms with E-state index in [0.717, 1.165) is 19.3 Å². The van der Waals surface area contributed by atoms with Gasteiger partial charge in [-0.3, -0.25) is 4.79 Å². The van der Waals surface area contributed by atoms with Crippen molar-refractivity contribution in [3.8, 4) is 0 Å². The molecule has 0 aliphatic carbocycles. The van der Waals surface area contributed by atoms with E-state index in [0.29, 0.717) is 18.3 Å². The highest BCUT2D eigenvalue weighted by molar-refractivity contribution is 5.84. The molecule has 2 N–H and O–H groups in total. The van der Waals surface area contributed by atoms with E-state index in [1.165, 1.54) is 0 Å². The van der Waals surface area contributed by atoms with Crippen LogP contribution in [0.5, 0.6) is 0 Å². The van der Waals surface area contributed by atoms with Crippen LogP contribution in [0.4, 0.5) is 0 Å². The van der Waals surface area contributed by atoms with Crippen molar-refractivity contribution in [2.24, 2.45) is 17.6 Å². The van der Waals surface area contributed by atoms with Gasteiger partial charge in [0.05, 0.1) is 6.04 Å². The summed E-state index contributed by atoms with van der Waals surface area (Å²) in [5.74, 6) is 1.04. The Bertz CT molecular complexity index is 168. The second kappa shape index (κ2) is 6.99. The molecule has 3 atom stereocenters. The minimum Gasteiger partial charge on any atom is -0.321 e. The van der Waals surface area contributed by atoms with Crippen LogP contribution in [0.15, 0.2) is 0 Å². The van der Waals surface area contributed by atoms with Gasteiger partial charge in [0, 0.05) is 6.42 Å². The number of nitrogens with two attached hydrogens (primary N) is 1. The van der Waals surface area contributed by atoms with E-state index >= 15 is 0 Å². The third-order valence-corrected chi connectivity index (χ3v) is 2.96. The Morgan fingerprint density at radius 1 is 1.29 bits per heavy atom.